The van der Waals surface area contributed by atoms with Crippen molar-refractivity contribution in [1.82, 2.24) is 9.55 Å². The molecule has 1 aliphatic rings. The molecule has 1 aliphatic carbocycles. The number of aryl methyl sites for hydroxylation is 2. The first kappa shape index (κ1) is 23.4. The molecule has 0 saturated heterocycles. The molecule has 182 valence electrons. The normalized spacial score (nSPS) is 14.3. The lowest BCUT2D eigenvalue weighted by molar-refractivity contribution is 0.324. The molecule has 0 radical (unpaired) electrons. The zero-order valence-corrected chi connectivity index (χ0v) is 21.3. The van der Waals surface area contributed by atoms with Crippen LogP contribution >= 0.6 is 0 Å². The maximum absolute atomic E-state index is 12.3. The van der Waals surface area contributed by atoms with Crippen LogP contribution in [0.15, 0.2) is 54.7 Å². The number of nitrogens with one attached hydrogen (secondary N) is 1. The molecule has 2 aromatic heterocycles. The van der Waals surface area contributed by atoms with E-state index in [0.29, 0.717) is 18.2 Å². The monoisotopic (exact) mass is 488 g/mol. The quantitative estimate of drug-likeness (QED) is 0.313. The Morgan fingerprint density at radius 1 is 1.09 bits per heavy atom. The first-order valence-corrected chi connectivity index (χ1v) is 13.9. The van der Waals surface area contributed by atoms with Crippen LogP contribution in [0.3, 0.4) is 0 Å². The first-order valence-electron chi connectivity index (χ1n) is 12.3. The van der Waals surface area contributed by atoms with E-state index in [0.717, 1.165) is 57.5 Å². The number of hydrogen-bond acceptors (Lipinski definition) is 4. The average Bonchev–Trinajstić information content (AvgIpc) is 3.04. The van der Waals surface area contributed by atoms with E-state index in [4.69, 9.17) is 5.73 Å². The summed E-state index contributed by atoms with van der Waals surface area (Å²) in [5.74, 6) is 0.106. The highest BCUT2D eigenvalue weighted by atomic mass is 32.2. The van der Waals surface area contributed by atoms with Crippen molar-refractivity contribution in [3.63, 3.8) is 0 Å². The predicted molar refractivity (Wildman–Crippen MR) is 145 cm³/mol. The minimum absolute atomic E-state index is 0.106. The number of nitrogens with zero attached hydrogens (tertiary/aromatic N) is 2. The standard InChI is InChI=1S/C28H32N4O2S/c1-4-14-35(33,34)31-21-9-11-23(19(3)16-21)28-27(29)24-10-8-20(25-15-18(2)12-13-30-25)17-26(24)32(28)22-6-5-7-22/h8-13,15-17,22,31H,4-7,14,29H2,1-3H3. The Bertz CT molecular complexity index is 1520. The van der Waals surface area contributed by atoms with E-state index < -0.39 is 10.0 Å². The van der Waals surface area contributed by atoms with Crippen LogP contribution in [0.2, 0.25) is 0 Å². The van der Waals surface area contributed by atoms with E-state index in [1.165, 1.54) is 12.0 Å². The first-order chi connectivity index (χ1) is 16.8. The van der Waals surface area contributed by atoms with Crippen molar-refractivity contribution in [2.45, 2.75) is 52.5 Å². The molecular weight excluding hydrogens is 456 g/mol. The van der Waals surface area contributed by atoms with Gasteiger partial charge in [0.15, 0.2) is 0 Å². The molecule has 1 saturated carbocycles. The Morgan fingerprint density at radius 3 is 2.54 bits per heavy atom. The van der Waals surface area contributed by atoms with Gasteiger partial charge in [0, 0.05) is 34.4 Å². The molecule has 6 nitrogen and oxygen atoms in total. The van der Waals surface area contributed by atoms with Gasteiger partial charge in [-0.25, -0.2) is 8.42 Å². The van der Waals surface area contributed by atoms with Gasteiger partial charge in [0.1, 0.15) is 0 Å². The lowest BCUT2D eigenvalue weighted by Crippen LogP contribution is -2.18. The molecule has 4 aromatic rings. The average molecular weight is 489 g/mol. The van der Waals surface area contributed by atoms with Crippen LogP contribution in [0.1, 0.15) is 49.8 Å². The molecule has 7 heteroatoms. The largest absolute Gasteiger partial charge is 0.396 e. The van der Waals surface area contributed by atoms with Gasteiger partial charge < -0.3 is 10.3 Å². The SMILES string of the molecule is CCCS(=O)(=O)Nc1ccc(-c2c(N)c3ccc(-c4cc(C)ccn4)cc3n2C2CCC2)c(C)c1. The summed E-state index contributed by atoms with van der Waals surface area (Å²) in [6.07, 6.45) is 5.87. The number of nitrogen functional groups attached to an aromatic ring is 1. The van der Waals surface area contributed by atoms with Crippen molar-refractivity contribution in [2.24, 2.45) is 0 Å². The summed E-state index contributed by atoms with van der Waals surface area (Å²) < 4.78 is 29.6. The highest BCUT2D eigenvalue weighted by Crippen LogP contribution is 2.45. The summed E-state index contributed by atoms with van der Waals surface area (Å²) in [6, 6.07) is 16.6. The van der Waals surface area contributed by atoms with E-state index >= 15 is 0 Å². The zero-order valence-electron chi connectivity index (χ0n) is 20.5. The number of fused-ring (bicyclic) bond motifs is 1. The minimum atomic E-state index is -3.34. The van der Waals surface area contributed by atoms with Crippen LogP contribution < -0.4 is 10.5 Å². The second-order valence-electron chi connectivity index (χ2n) is 9.62. The van der Waals surface area contributed by atoms with Gasteiger partial charge in [-0.2, -0.15) is 0 Å². The number of nitrogens with two attached hydrogens (primary N) is 1. The third kappa shape index (κ3) is 4.41. The lowest BCUT2D eigenvalue weighted by atomic mass is 9.92. The Kier molecular flexibility index (Phi) is 6.05. The van der Waals surface area contributed by atoms with Gasteiger partial charge >= 0.3 is 0 Å². The van der Waals surface area contributed by atoms with E-state index in [-0.39, 0.29) is 5.75 Å². The number of sulfonamides is 1. The van der Waals surface area contributed by atoms with Gasteiger partial charge in [-0.3, -0.25) is 9.71 Å². The zero-order chi connectivity index (χ0) is 24.7. The summed E-state index contributed by atoms with van der Waals surface area (Å²) in [5.41, 5.74) is 15.5. The second kappa shape index (κ2) is 9.04. The Morgan fingerprint density at radius 2 is 1.89 bits per heavy atom. The van der Waals surface area contributed by atoms with Crippen LogP contribution in [0, 0.1) is 13.8 Å². The molecule has 0 unspecified atom stereocenters. The molecule has 5 rings (SSSR count). The van der Waals surface area contributed by atoms with Crippen molar-refractivity contribution >= 4 is 32.3 Å². The number of rotatable bonds is 7. The molecule has 2 aromatic carbocycles. The van der Waals surface area contributed by atoms with E-state index in [9.17, 15) is 8.42 Å². The van der Waals surface area contributed by atoms with E-state index in [2.05, 4.69) is 45.5 Å². The molecule has 0 atom stereocenters. The van der Waals surface area contributed by atoms with Crippen molar-refractivity contribution in [2.75, 3.05) is 16.2 Å². The molecule has 3 N–H and O–H groups in total. The second-order valence-corrected chi connectivity index (χ2v) is 11.5. The summed E-state index contributed by atoms with van der Waals surface area (Å²) in [4.78, 5) is 4.58. The van der Waals surface area contributed by atoms with E-state index in [1.54, 1.807) is 0 Å². The fourth-order valence-corrected chi connectivity index (χ4v) is 6.11. The molecule has 1 fully saturated rings. The number of pyridine rings is 1. The summed E-state index contributed by atoms with van der Waals surface area (Å²) in [6.45, 7) is 5.94. The maximum Gasteiger partial charge on any atom is 0.232 e. The van der Waals surface area contributed by atoms with Crippen LogP contribution in [0.4, 0.5) is 11.4 Å². The van der Waals surface area contributed by atoms with Gasteiger partial charge in [-0.05, 0) is 81.0 Å². The lowest BCUT2D eigenvalue weighted by Gasteiger charge is -2.30. The van der Waals surface area contributed by atoms with Crippen LogP contribution in [-0.4, -0.2) is 23.7 Å². The fraction of sp³-hybridized carbons (Fsp3) is 0.321. The van der Waals surface area contributed by atoms with Crippen molar-refractivity contribution in [1.29, 1.82) is 0 Å². The number of anilines is 2. The Hall–Kier alpha value is -3.32. The molecule has 0 aliphatic heterocycles. The van der Waals surface area contributed by atoms with Crippen LogP contribution in [0.5, 0.6) is 0 Å². The smallest absolute Gasteiger partial charge is 0.232 e. The van der Waals surface area contributed by atoms with Gasteiger partial charge in [0.05, 0.1) is 28.3 Å². The summed E-state index contributed by atoms with van der Waals surface area (Å²) in [5, 5.41) is 1.04. The molecule has 0 amide bonds. The van der Waals surface area contributed by atoms with Crippen molar-refractivity contribution in [3.05, 3.63) is 65.9 Å². The van der Waals surface area contributed by atoms with Crippen LogP contribution in [0.25, 0.3) is 33.4 Å². The third-order valence-corrected chi connectivity index (χ3v) is 8.41. The number of aromatic nitrogens is 2. The molecular formula is C28H32N4O2S. The Labute approximate surface area is 207 Å². The van der Waals surface area contributed by atoms with Crippen LogP contribution in [-0.2, 0) is 10.0 Å². The fourth-order valence-electron chi connectivity index (χ4n) is 4.98. The molecule has 2 heterocycles. The van der Waals surface area contributed by atoms with Crippen molar-refractivity contribution < 1.29 is 8.42 Å². The van der Waals surface area contributed by atoms with Gasteiger partial charge in [0.2, 0.25) is 10.0 Å². The maximum atomic E-state index is 12.3. The van der Waals surface area contributed by atoms with Gasteiger partial charge in [-0.15, -0.1) is 0 Å². The van der Waals surface area contributed by atoms with Gasteiger partial charge in [-0.1, -0.05) is 25.1 Å². The molecule has 0 bridgehead atoms. The predicted octanol–water partition coefficient (Wildman–Crippen LogP) is 6.45. The third-order valence-electron chi connectivity index (χ3n) is 6.92. The minimum Gasteiger partial charge on any atom is -0.396 e. The number of benzene rings is 2. The summed E-state index contributed by atoms with van der Waals surface area (Å²) >= 11 is 0. The highest BCUT2D eigenvalue weighted by Gasteiger charge is 2.28. The topological polar surface area (TPSA) is 90.0 Å². The van der Waals surface area contributed by atoms with Crippen molar-refractivity contribution in [3.8, 4) is 22.5 Å². The van der Waals surface area contributed by atoms with E-state index in [1.807, 2.05) is 44.3 Å². The molecule has 0 spiro atoms. The van der Waals surface area contributed by atoms with Gasteiger partial charge in [0.25, 0.3) is 0 Å². The summed E-state index contributed by atoms with van der Waals surface area (Å²) in [7, 11) is -3.34. The highest BCUT2D eigenvalue weighted by molar-refractivity contribution is 7.92. The Balaban J connectivity index is 1.64. The number of hydrogen-bond donors (Lipinski definition) is 2. The molecule has 35 heavy (non-hydrogen) atoms.